The molecule has 0 spiro atoms. The number of nitrogens with two attached hydrogens (primary N) is 1. The van der Waals surface area contributed by atoms with Crippen LogP contribution in [0.25, 0.3) is 22.2 Å². The van der Waals surface area contributed by atoms with Crippen molar-refractivity contribution < 1.29 is 9.63 Å². The average molecular weight is 347 g/mol. The van der Waals surface area contributed by atoms with Gasteiger partial charge in [-0.2, -0.15) is 0 Å². The Bertz CT molecular complexity index is 1070. The summed E-state index contributed by atoms with van der Waals surface area (Å²) >= 11 is 0. The monoisotopic (exact) mass is 347 g/mol. The molecule has 0 unspecified atom stereocenters. The third-order valence-corrected chi connectivity index (χ3v) is 4.22. The van der Waals surface area contributed by atoms with E-state index in [2.05, 4.69) is 27.4 Å². The van der Waals surface area contributed by atoms with Gasteiger partial charge in [-0.1, -0.05) is 36.3 Å². The molecule has 26 heavy (non-hydrogen) atoms. The topological polar surface area (TPSA) is 110 Å². The van der Waals surface area contributed by atoms with E-state index in [-0.39, 0.29) is 5.75 Å². The van der Waals surface area contributed by atoms with Crippen LogP contribution in [0.5, 0.6) is 5.75 Å². The van der Waals surface area contributed by atoms with Gasteiger partial charge in [0.2, 0.25) is 0 Å². The normalized spacial score (nSPS) is 11.0. The number of anilines is 3. The lowest BCUT2D eigenvalue weighted by Crippen LogP contribution is -1.97. The van der Waals surface area contributed by atoms with Gasteiger partial charge in [0.1, 0.15) is 12.0 Å². The second kappa shape index (κ2) is 6.36. The van der Waals surface area contributed by atoms with Crippen LogP contribution >= 0.6 is 0 Å². The Morgan fingerprint density at radius 2 is 1.92 bits per heavy atom. The van der Waals surface area contributed by atoms with Crippen molar-refractivity contribution in [2.24, 2.45) is 0 Å². The molecule has 0 bridgehead atoms. The summed E-state index contributed by atoms with van der Waals surface area (Å²) in [4.78, 5) is 8.35. The largest absolute Gasteiger partial charge is 0.503 e. The van der Waals surface area contributed by atoms with Crippen molar-refractivity contribution in [3.63, 3.8) is 0 Å². The Labute approximate surface area is 149 Å². The number of hydrogen-bond donors (Lipinski definition) is 3. The van der Waals surface area contributed by atoms with Crippen molar-refractivity contribution in [1.29, 1.82) is 0 Å². The molecule has 0 saturated heterocycles. The smallest absolute Gasteiger partial charge is 0.185 e. The predicted octanol–water partition coefficient (Wildman–Crippen LogP) is 3.88. The van der Waals surface area contributed by atoms with Gasteiger partial charge in [0.05, 0.1) is 5.39 Å². The van der Waals surface area contributed by atoms with E-state index in [9.17, 15) is 5.11 Å². The quantitative estimate of drug-likeness (QED) is 0.514. The Hall–Kier alpha value is -3.61. The molecule has 7 heteroatoms. The highest BCUT2D eigenvalue weighted by atomic mass is 16.5. The van der Waals surface area contributed by atoms with Gasteiger partial charge >= 0.3 is 0 Å². The number of nitrogen functional groups attached to an aromatic ring is 1. The minimum Gasteiger partial charge on any atom is -0.503 e. The van der Waals surface area contributed by atoms with Crippen molar-refractivity contribution in [3.05, 3.63) is 54.4 Å². The number of aromatic nitrogens is 3. The zero-order valence-electron chi connectivity index (χ0n) is 14.1. The van der Waals surface area contributed by atoms with E-state index in [1.165, 1.54) is 11.9 Å². The molecule has 4 aromatic rings. The minimum atomic E-state index is -0.0195. The number of benzene rings is 2. The molecular formula is C19H17N5O2. The number of aryl methyl sites for hydroxylation is 1. The number of fused-ring (bicyclic) bond motifs is 1. The van der Waals surface area contributed by atoms with Gasteiger partial charge < -0.3 is 20.7 Å². The fourth-order valence-corrected chi connectivity index (χ4v) is 2.75. The molecule has 0 aliphatic carbocycles. The zero-order valence-corrected chi connectivity index (χ0v) is 14.1. The molecule has 2 aromatic heterocycles. The summed E-state index contributed by atoms with van der Waals surface area (Å²) in [7, 11) is 0. The van der Waals surface area contributed by atoms with Crippen LogP contribution in [-0.2, 0) is 6.42 Å². The number of rotatable bonds is 4. The first-order chi connectivity index (χ1) is 12.7. The second-order valence-electron chi connectivity index (χ2n) is 5.87. The Kier molecular flexibility index (Phi) is 3.89. The first kappa shape index (κ1) is 15.9. The van der Waals surface area contributed by atoms with Crippen molar-refractivity contribution in [3.8, 4) is 17.0 Å². The molecular weight excluding hydrogens is 330 g/mol. The average Bonchev–Trinajstić information content (AvgIpc) is 3.04. The summed E-state index contributed by atoms with van der Waals surface area (Å²) in [5.74, 6) is 0.629. The van der Waals surface area contributed by atoms with Gasteiger partial charge in [-0.25, -0.2) is 9.97 Å². The maximum atomic E-state index is 10.6. The van der Waals surface area contributed by atoms with Gasteiger partial charge in [-0.05, 0) is 24.1 Å². The van der Waals surface area contributed by atoms with Gasteiger partial charge in [0.25, 0.3) is 0 Å². The van der Waals surface area contributed by atoms with E-state index < -0.39 is 0 Å². The molecule has 130 valence electrons. The Morgan fingerprint density at radius 3 is 2.69 bits per heavy atom. The van der Waals surface area contributed by atoms with Gasteiger partial charge in [0, 0.05) is 17.3 Å². The van der Waals surface area contributed by atoms with Crippen molar-refractivity contribution in [2.75, 3.05) is 11.1 Å². The first-order valence-corrected chi connectivity index (χ1v) is 8.21. The molecule has 0 aliphatic rings. The number of nitrogens with zero attached hydrogens (tertiary/aromatic N) is 3. The van der Waals surface area contributed by atoms with Crippen LogP contribution in [0.4, 0.5) is 17.3 Å². The number of nitrogens with one attached hydrogen (secondary N) is 1. The maximum Gasteiger partial charge on any atom is 0.185 e. The summed E-state index contributed by atoms with van der Waals surface area (Å²) < 4.78 is 5.16. The highest BCUT2D eigenvalue weighted by Crippen LogP contribution is 2.34. The number of aromatic hydroxyl groups is 1. The molecule has 2 heterocycles. The van der Waals surface area contributed by atoms with Crippen molar-refractivity contribution >= 4 is 28.3 Å². The zero-order chi connectivity index (χ0) is 18.1. The summed E-state index contributed by atoms with van der Waals surface area (Å²) in [6, 6.07) is 13.3. The highest BCUT2D eigenvalue weighted by molar-refractivity contribution is 5.90. The Morgan fingerprint density at radius 1 is 1.12 bits per heavy atom. The third kappa shape index (κ3) is 2.79. The summed E-state index contributed by atoms with van der Waals surface area (Å²) in [6.45, 7) is 2.10. The molecule has 0 atom stereocenters. The highest BCUT2D eigenvalue weighted by Gasteiger charge is 2.13. The standard InChI is InChI=1S/C19H17N5O2/c1-2-11-3-5-12(6-4-11)16-17(25)19(22-10-21-16)23-13-7-8-14-15(9-13)26-24-18(14)20/h3-10,25H,2H2,1H3,(H2,20,24)(H,21,22,23). The fraction of sp³-hybridized carbons (Fsp3) is 0.105. The van der Waals surface area contributed by atoms with Crippen LogP contribution in [0, 0.1) is 0 Å². The molecule has 0 saturated carbocycles. The van der Waals surface area contributed by atoms with Crippen molar-refractivity contribution in [1.82, 2.24) is 15.1 Å². The molecule has 7 nitrogen and oxygen atoms in total. The molecule has 2 aromatic carbocycles. The van der Waals surface area contributed by atoms with Crippen molar-refractivity contribution in [2.45, 2.75) is 13.3 Å². The summed E-state index contributed by atoms with van der Waals surface area (Å²) in [6.07, 6.45) is 2.37. The maximum absolute atomic E-state index is 10.6. The van der Waals surface area contributed by atoms with E-state index in [1.807, 2.05) is 30.3 Å². The van der Waals surface area contributed by atoms with Crippen LogP contribution in [0.2, 0.25) is 0 Å². The molecule has 0 radical (unpaired) electrons. The van der Waals surface area contributed by atoms with E-state index in [1.54, 1.807) is 12.1 Å². The molecule has 0 fully saturated rings. The van der Waals surface area contributed by atoms with E-state index in [4.69, 9.17) is 10.3 Å². The van der Waals surface area contributed by atoms with Gasteiger partial charge in [-0.15, -0.1) is 0 Å². The first-order valence-electron chi connectivity index (χ1n) is 8.21. The molecule has 0 aliphatic heterocycles. The SMILES string of the molecule is CCc1ccc(-c2ncnc(Nc3ccc4c(N)noc4c3)c2O)cc1. The van der Waals surface area contributed by atoms with Crippen LogP contribution in [0.3, 0.4) is 0 Å². The van der Waals surface area contributed by atoms with Gasteiger partial charge in [-0.3, -0.25) is 0 Å². The van der Waals surface area contributed by atoms with Crippen LogP contribution in [-0.4, -0.2) is 20.2 Å². The molecule has 4 rings (SSSR count). The summed E-state index contributed by atoms with van der Waals surface area (Å²) in [5.41, 5.74) is 9.48. The lowest BCUT2D eigenvalue weighted by molar-refractivity contribution is 0.460. The minimum absolute atomic E-state index is 0.0195. The van der Waals surface area contributed by atoms with Crippen LogP contribution < -0.4 is 11.1 Å². The lowest BCUT2D eigenvalue weighted by Gasteiger charge is -2.10. The second-order valence-corrected chi connectivity index (χ2v) is 5.87. The van der Waals surface area contributed by atoms with E-state index in [0.717, 1.165) is 17.4 Å². The fourth-order valence-electron chi connectivity index (χ4n) is 2.75. The van der Waals surface area contributed by atoms with E-state index in [0.29, 0.717) is 28.6 Å². The predicted molar refractivity (Wildman–Crippen MR) is 100 cm³/mol. The molecule has 4 N–H and O–H groups in total. The van der Waals surface area contributed by atoms with Crippen LogP contribution in [0.1, 0.15) is 12.5 Å². The third-order valence-electron chi connectivity index (χ3n) is 4.22. The van der Waals surface area contributed by atoms with E-state index >= 15 is 0 Å². The lowest BCUT2D eigenvalue weighted by atomic mass is 10.1. The van der Waals surface area contributed by atoms with Gasteiger partial charge in [0.15, 0.2) is 23.0 Å². The molecule has 0 amide bonds. The summed E-state index contributed by atoms with van der Waals surface area (Å²) in [5, 5.41) is 18.1. The Balaban J connectivity index is 1.67. The van der Waals surface area contributed by atoms with Crippen LogP contribution in [0.15, 0.2) is 53.3 Å². The number of hydrogen-bond acceptors (Lipinski definition) is 7.